The largest absolute Gasteiger partial charge is 0.301 e. The Morgan fingerprint density at radius 2 is 2.12 bits per heavy atom. The lowest BCUT2D eigenvalue weighted by Gasteiger charge is -2.06. The van der Waals surface area contributed by atoms with Crippen molar-refractivity contribution in [3.63, 3.8) is 0 Å². The van der Waals surface area contributed by atoms with Crippen molar-refractivity contribution in [1.29, 1.82) is 0 Å². The third kappa shape index (κ3) is 3.38. The van der Waals surface area contributed by atoms with Gasteiger partial charge in [0.1, 0.15) is 0 Å². The summed E-state index contributed by atoms with van der Waals surface area (Å²) >= 11 is 2.95. The zero-order valence-electron chi connectivity index (χ0n) is 14.1. The molecule has 0 bridgehead atoms. The van der Waals surface area contributed by atoms with Crippen LogP contribution in [0.5, 0.6) is 0 Å². The van der Waals surface area contributed by atoms with Crippen LogP contribution in [0.3, 0.4) is 0 Å². The quantitative estimate of drug-likeness (QED) is 0.707. The van der Waals surface area contributed by atoms with Gasteiger partial charge in [-0.3, -0.25) is 9.20 Å². The second kappa shape index (κ2) is 6.72. The summed E-state index contributed by atoms with van der Waals surface area (Å²) in [6.07, 6.45) is 4.50. The van der Waals surface area contributed by atoms with Gasteiger partial charge in [0.05, 0.1) is 11.4 Å². The minimum Gasteiger partial charge on any atom is -0.301 e. The molecule has 0 fully saturated rings. The lowest BCUT2D eigenvalue weighted by Crippen LogP contribution is -2.14. The highest BCUT2D eigenvalue weighted by Gasteiger charge is 2.17. The Balaban J connectivity index is 1.43. The van der Waals surface area contributed by atoms with Gasteiger partial charge in [0.15, 0.2) is 10.3 Å². The van der Waals surface area contributed by atoms with E-state index < -0.39 is 0 Å². The Morgan fingerprint density at radius 1 is 1.28 bits per heavy atom. The molecule has 0 spiro atoms. The summed E-state index contributed by atoms with van der Waals surface area (Å²) in [7, 11) is 0. The predicted octanol–water partition coefficient (Wildman–Crippen LogP) is 2.81. The molecule has 25 heavy (non-hydrogen) atoms. The van der Waals surface area contributed by atoms with E-state index in [1.165, 1.54) is 29.5 Å². The van der Waals surface area contributed by atoms with Crippen LogP contribution in [-0.2, 0) is 17.6 Å². The number of thioether (sulfide) groups is 1. The lowest BCUT2D eigenvalue weighted by atomic mass is 10.0. The van der Waals surface area contributed by atoms with Crippen molar-refractivity contribution in [2.24, 2.45) is 0 Å². The highest BCUT2D eigenvalue weighted by molar-refractivity contribution is 7.99. The van der Waals surface area contributed by atoms with Crippen molar-refractivity contribution in [3.05, 3.63) is 28.0 Å². The topological polar surface area (TPSA) is 85.1 Å². The molecule has 0 aromatic carbocycles. The molecule has 4 rings (SSSR count). The molecule has 0 unspecified atom stereocenters. The number of hydrogen-bond donors (Lipinski definition) is 1. The van der Waals surface area contributed by atoms with Gasteiger partial charge >= 0.3 is 0 Å². The molecular formula is C16H18N6OS2. The number of hydrogen-bond acceptors (Lipinski definition) is 7. The summed E-state index contributed by atoms with van der Waals surface area (Å²) in [6, 6.07) is 1.97. The number of carbonyl (C=O) groups excluding carboxylic acids is 1. The third-order valence-electron chi connectivity index (χ3n) is 4.09. The third-order valence-corrected chi connectivity index (χ3v) is 6.09. The molecule has 0 saturated heterocycles. The Kier molecular flexibility index (Phi) is 4.43. The first-order valence-electron chi connectivity index (χ1n) is 8.21. The van der Waals surface area contributed by atoms with Gasteiger partial charge in [0, 0.05) is 16.3 Å². The van der Waals surface area contributed by atoms with Gasteiger partial charge in [-0.25, -0.2) is 9.97 Å². The summed E-state index contributed by atoms with van der Waals surface area (Å²) in [5, 5.41) is 12.5. The number of thiazole rings is 1. The van der Waals surface area contributed by atoms with Crippen LogP contribution in [0.1, 0.15) is 34.8 Å². The Morgan fingerprint density at radius 3 is 2.96 bits per heavy atom. The second-order valence-electron chi connectivity index (χ2n) is 6.09. The van der Waals surface area contributed by atoms with Gasteiger partial charge in [-0.15, -0.1) is 21.5 Å². The van der Waals surface area contributed by atoms with E-state index >= 15 is 0 Å². The number of rotatable bonds is 4. The van der Waals surface area contributed by atoms with Crippen LogP contribution in [0.15, 0.2) is 11.2 Å². The van der Waals surface area contributed by atoms with Crippen molar-refractivity contribution >= 4 is 39.9 Å². The number of amides is 1. The summed E-state index contributed by atoms with van der Waals surface area (Å²) in [4.78, 5) is 22.5. The smallest absolute Gasteiger partial charge is 0.256 e. The van der Waals surface area contributed by atoms with E-state index in [2.05, 4.69) is 25.5 Å². The van der Waals surface area contributed by atoms with E-state index in [-0.39, 0.29) is 11.7 Å². The number of carbonyl (C=O) groups is 1. The van der Waals surface area contributed by atoms with Crippen molar-refractivity contribution in [1.82, 2.24) is 24.6 Å². The van der Waals surface area contributed by atoms with Crippen LogP contribution >= 0.6 is 23.1 Å². The monoisotopic (exact) mass is 374 g/mol. The fourth-order valence-corrected chi connectivity index (χ4v) is 4.84. The summed E-state index contributed by atoms with van der Waals surface area (Å²) in [6.45, 7) is 3.91. The Bertz CT molecular complexity index is 924. The summed E-state index contributed by atoms with van der Waals surface area (Å²) in [5.41, 5.74) is 3.06. The van der Waals surface area contributed by atoms with Crippen LogP contribution < -0.4 is 5.32 Å². The lowest BCUT2D eigenvalue weighted by molar-refractivity contribution is -0.113. The minimum atomic E-state index is -0.0782. The number of anilines is 1. The molecule has 130 valence electrons. The maximum Gasteiger partial charge on any atom is 0.256 e. The van der Waals surface area contributed by atoms with Crippen LogP contribution in [0.4, 0.5) is 5.13 Å². The van der Waals surface area contributed by atoms with Crippen molar-refractivity contribution in [3.8, 4) is 0 Å². The molecule has 9 heteroatoms. The molecule has 1 aliphatic carbocycles. The molecule has 0 radical (unpaired) electrons. The average molecular weight is 374 g/mol. The van der Waals surface area contributed by atoms with E-state index in [9.17, 15) is 4.79 Å². The second-order valence-corrected chi connectivity index (χ2v) is 8.12. The van der Waals surface area contributed by atoms with Gasteiger partial charge in [0.2, 0.25) is 5.91 Å². The standard InChI is InChI=1S/C16H18N6OS2/c1-9-7-10(2)22-14(17-9)20-21-16(22)24-8-13(23)19-15-18-11-5-3-4-6-12(11)25-15/h7H,3-6,8H2,1-2H3,(H,18,19,23). The number of fused-ring (bicyclic) bond motifs is 2. The van der Waals surface area contributed by atoms with Crippen molar-refractivity contribution in [2.45, 2.75) is 44.7 Å². The minimum absolute atomic E-state index is 0.0782. The van der Waals surface area contributed by atoms with Crippen LogP contribution in [0, 0.1) is 13.8 Å². The van der Waals surface area contributed by atoms with Gasteiger partial charge in [-0.2, -0.15) is 0 Å². The van der Waals surface area contributed by atoms with Crippen LogP contribution in [-0.4, -0.2) is 36.2 Å². The first-order valence-corrected chi connectivity index (χ1v) is 10.0. The number of aromatic nitrogens is 5. The van der Waals surface area contributed by atoms with E-state index in [4.69, 9.17) is 0 Å². The van der Waals surface area contributed by atoms with Crippen molar-refractivity contribution in [2.75, 3.05) is 11.1 Å². The maximum absolute atomic E-state index is 12.3. The normalized spacial score (nSPS) is 13.8. The van der Waals surface area contributed by atoms with Gasteiger partial charge < -0.3 is 5.32 Å². The van der Waals surface area contributed by atoms with Gasteiger partial charge in [-0.05, 0) is 45.6 Å². The predicted molar refractivity (Wildman–Crippen MR) is 98.4 cm³/mol. The Hall–Kier alpha value is -2.00. The van der Waals surface area contributed by atoms with Crippen molar-refractivity contribution < 1.29 is 4.79 Å². The molecule has 1 amide bonds. The molecule has 0 atom stereocenters. The molecule has 7 nitrogen and oxygen atoms in total. The zero-order valence-corrected chi connectivity index (χ0v) is 15.7. The summed E-state index contributed by atoms with van der Waals surface area (Å²) in [5.74, 6) is 0.747. The molecule has 0 aliphatic heterocycles. The number of aryl methyl sites for hydroxylation is 4. The average Bonchev–Trinajstić information content (AvgIpc) is 3.15. The highest BCUT2D eigenvalue weighted by atomic mass is 32.2. The van der Waals surface area contributed by atoms with E-state index in [0.29, 0.717) is 16.1 Å². The number of nitrogens with zero attached hydrogens (tertiary/aromatic N) is 5. The molecule has 3 aromatic heterocycles. The van der Waals surface area contributed by atoms with E-state index in [1.54, 1.807) is 11.3 Å². The molecule has 1 N–H and O–H groups in total. The van der Waals surface area contributed by atoms with Crippen LogP contribution in [0.25, 0.3) is 5.78 Å². The first kappa shape index (κ1) is 16.5. The first-order chi connectivity index (χ1) is 12.1. The Labute approximate surface area is 153 Å². The van der Waals surface area contributed by atoms with Crippen LogP contribution in [0.2, 0.25) is 0 Å². The molecule has 0 saturated carbocycles. The SMILES string of the molecule is Cc1cc(C)n2c(SCC(=O)Nc3nc4c(s3)CCCC4)nnc2n1. The fourth-order valence-electron chi connectivity index (χ4n) is 2.98. The zero-order chi connectivity index (χ0) is 17.4. The number of nitrogens with one attached hydrogen (secondary N) is 1. The molecular weight excluding hydrogens is 356 g/mol. The maximum atomic E-state index is 12.3. The van der Waals surface area contributed by atoms with Gasteiger partial charge in [-0.1, -0.05) is 11.8 Å². The fraction of sp³-hybridized carbons (Fsp3) is 0.438. The highest BCUT2D eigenvalue weighted by Crippen LogP contribution is 2.29. The van der Waals surface area contributed by atoms with E-state index in [1.807, 2.05) is 24.3 Å². The molecule has 1 aliphatic rings. The molecule has 3 heterocycles. The summed E-state index contributed by atoms with van der Waals surface area (Å²) < 4.78 is 1.87. The van der Waals surface area contributed by atoms with Gasteiger partial charge in [0.25, 0.3) is 5.78 Å². The molecule has 3 aromatic rings. The van der Waals surface area contributed by atoms with E-state index in [0.717, 1.165) is 29.9 Å².